The average molecular weight is 557 g/mol. The molecule has 2 aromatic carbocycles. The van der Waals surface area contributed by atoms with Crippen molar-refractivity contribution in [2.75, 3.05) is 62.4 Å². The van der Waals surface area contributed by atoms with Crippen LogP contribution in [-0.2, 0) is 16.0 Å². The van der Waals surface area contributed by atoms with Crippen LogP contribution in [0, 0.1) is 5.92 Å². The third kappa shape index (κ3) is 6.95. The summed E-state index contributed by atoms with van der Waals surface area (Å²) in [6.45, 7) is 7.23. The van der Waals surface area contributed by atoms with Crippen LogP contribution in [0.25, 0.3) is 10.8 Å². The van der Waals surface area contributed by atoms with Crippen LogP contribution in [0.3, 0.4) is 0 Å². The predicted octanol–water partition coefficient (Wildman–Crippen LogP) is 6.05. The van der Waals surface area contributed by atoms with Crippen molar-refractivity contribution in [2.45, 2.75) is 57.8 Å². The van der Waals surface area contributed by atoms with Gasteiger partial charge in [0, 0.05) is 49.9 Å². The Morgan fingerprint density at radius 1 is 0.854 bits per heavy atom. The topological polar surface area (TPSA) is 58.1 Å². The molecule has 41 heavy (non-hydrogen) atoms. The van der Waals surface area contributed by atoms with Gasteiger partial charge in [-0.2, -0.15) is 4.98 Å². The van der Waals surface area contributed by atoms with Crippen LogP contribution in [0.4, 0.5) is 11.5 Å². The van der Waals surface area contributed by atoms with E-state index in [1.54, 1.807) is 0 Å². The molecular formula is C34H44N4O3. The van der Waals surface area contributed by atoms with Crippen LogP contribution in [0.2, 0.25) is 0 Å². The van der Waals surface area contributed by atoms with Gasteiger partial charge in [0.2, 0.25) is 5.88 Å². The summed E-state index contributed by atoms with van der Waals surface area (Å²) in [6.07, 6.45) is 9.61. The Morgan fingerprint density at radius 3 is 2.56 bits per heavy atom. The molecule has 218 valence electrons. The zero-order valence-electron chi connectivity index (χ0n) is 24.3. The van der Waals surface area contributed by atoms with Crippen LogP contribution in [0.5, 0.6) is 5.88 Å². The van der Waals surface area contributed by atoms with Crippen LogP contribution in [0.15, 0.2) is 54.6 Å². The highest BCUT2D eigenvalue weighted by molar-refractivity contribution is 5.94. The first-order valence-corrected chi connectivity index (χ1v) is 15.7. The van der Waals surface area contributed by atoms with E-state index in [-0.39, 0.29) is 18.6 Å². The number of rotatable bonds is 10. The molecular weight excluding hydrogens is 512 g/mol. The molecule has 0 amide bonds. The van der Waals surface area contributed by atoms with E-state index in [9.17, 15) is 4.79 Å². The highest BCUT2D eigenvalue weighted by Gasteiger charge is 2.25. The number of ether oxygens (including phenoxy) is 2. The lowest BCUT2D eigenvalue weighted by Gasteiger charge is -2.36. The van der Waals surface area contributed by atoms with E-state index in [2.05, 4.69) is 63.2 Å². The van der Waals surface area contributed by atoms with Crippen LogP contribution in [-0.4, -0.2) is 68.5 Å². The Morgan fingerprint density at radius 2 is 1.68 bits per heavy atom. The molecule has 3 heterocycles. The van der Waals surface area contributed by atoms with Crippen molar-refractivity contribution in [1.82, 2.24) is 9.88 Å². The number of fused-ring (bicyclic) bond motifs is 2. The van der Waals surface area contributed by atoms with E-state index in [0.717, 1.165) is 96.5 Å². The zero-order chi connectivity index (χ0) is 27.9. The van der Waals surface area contributed by atoms with Crippen LogP contribution >= 0.6 is 0 Å². The molecule has 0 spiro atoms. The summed E-state index contributed by atoms with van der Waals surface area (Å²) in [7, 11) is 0. The first-order valence-electron chi connectivity index (χ1n) is 15.7. The fourth-order valence-corrected chi connectivity index (χ4v) is 6.61. The first kappa shape index (κ1) is 27.8. The van der Waals surface area contributed by atoms with E-state index >= 15 is 0 Å². The van der Waals surface area contributed by atoms with Gasteiger partial charge in [-0.05, 0) is 68.2 Å². The lowest BCUT2D eigenvalue weighted by molar-refractivity contribution is -0.149. The quantitative estimate of drug-likeness (QED) is 0.223. The maximum atomic E-state index is 12.6. The molecule has 6 rings (SSSR count). The number of unbranched alkanes of at least 4 members (excludes halogenated alkanes) is 1. The number of aromatic nitrogens is 1. The monoisotopic (exact) mass is 556 g/mol. The van der Waals surface area contributed by atoms with E-state index in [4.69, 9.17) is 14.5 Å². The lowest BCUT2D eigenvalue weighted by Crippen LogP contribution is -2.46. The molecule has 0 bridgehead atoms. The molecule has 0 atom stereocenters. The SMILES string of the molecule is O=C(OCN1CCCc2ccc(OCCCCN3CCN(c4cccc5ccccc45)CC3)nc21)C1CCCCC1. The van der Waals surface area contributed by atoms with Gasteiger partial charge in [-0.1, -0.05) is 55.7 Å². The van der Waals surface area contributed by atoms with Gasteiger partial charge in [0.25, 0.3) is 0 Å². The number of benzene rings is 2. The van der Waals surface area contributed by atoms with Crippen molar-refractivity contribution in [2.24, 2.45) is 5.92 Å². The molecule has 2 aliphatic heterocycles. The van der Waals surface area contributed by atoms with Gasteiger partial charge in [-0.15, -0.1) is 0 Å². The molecule has 7 nitrogen and oxygen atoms in total. The number of anilines is 2. The third-order valence-corrected chi connectivity index (χ3v) is 9.00. The zero-order valence-corrected chi connectivity index (χ0v) is 24.3. The summed E-state index contributed by atoms with van der Waals surface area (Å²) in [4.78, 5) is 24.6. The number of esters is 1. The Hall–Kier alpha value is -3.32. The second-order valence-electron chi connectivity index (χ2n) is 11.8. The molecule has 3 aromatic rings. The Balaban J connectivity index is 0.925. The maximum absolute atomic E-state index is 12.6. The number of aryl methyl sites for hydroxylation is 1. The summed E-state index contributed by atoms with van der Waals surface area (Å²) >= 11 is 0. The third-order valence-electron chi connectivity index (χ3n) is 9.00. The minimum atomic E-state index is -0.0424. The smallest absolute Gasteiger partial charge is 0.310 e. The van der Waals surface area contributed by atoms with Crippen molar-refractivity contribution in [3.05, 3.63) is 60.2 Å². The Labute approximate surface area is 244 Å². The highest BCUT2D eigenvalue weighted by Crippen LogP contribution is 2.30. The van der Waals surface area contributed by atoms with Gasteiger partial charge < -0.3 is 19.3 Å². The summed E-state index contributed by atoms with van der Waals surface area (Å²) < 4.78 is 11.8. The normalized spacial score (nSPS) is 18.3. The molecule has 7 heteroatoms. The number of carbonyl (C=O) groups excluding carboxylic acids is 1. The van der Waals surface area contributed by atoms with Gasteiger partial charge in [0.1, 0.15) is 5.82 Å². The maximum Gasteiger partial charge on any atom is 0.310 e. The molecule has 0 radical (unpaired) electrons. The van der Waals surface area contributed by atoms with Crippen LogP contribution < -0.4 is 14.5 Å². The molecule has 1 aliphatic carbocycles. The molecule has 3 aliphatic rings. The summed E-state index contributed by atoms with van der Waals surface area (Å²) in [5, 5.41) is 2.66. The van der Waals surface area contributed by atoms with Crippen molar-refractivity contribution in [1.29, 1.82) is 0 Å². The second-order valence-corrected chi connectivity index (χ2v) is 11.8. The van der Waals surface area contributed by atoms with Gasteiger partial charge in [0.05, 0.1) is 12.5 Å². The minimum absolute atomic E-state index is 0.0424. The average Bonchev–Trinajstić information content (AvgIpc) is 3.04. The van der Waals surface area contributed by atoms with Gasteiger partial charge in [-0.3, -0.25) is 9.69 Å². The second kappa shape index (κ2) is 13.6. The van der Waals surface area contributed by atoms with Crippen molar-refractivity contribution < 1.29 is 14.3 Å². The van der Waals surface area contributed by atoms with Gasteiger partial charge >= 0.3 is 5.97 Å². The van der Waals surface area contributed by atoms with Gasteiger partial charge in [-0.25, -0.2) is 0 Å². The molecule has 0 unspecified atom stereocenters. The number of piperazine rings is 1. The van der Waals surface area contributed by atoms with Crippen LogP contribution in [0.1, 0.15) is 56.9 Å². The number of pyridine rings is 1. The number of nitrogens with zero attached hydrogens (tertiary/aromatic N) is 4. The molecule has 1 aromatic heterocycles. The first-order chi connectivity index (χ1) is 20.2. The number of hydrogen-bond acceptors (Lipinski definition) is 7. The van der Waals surface area contributed by atoms with E-state index in [1.807, 2.05) is 6.07 Å². The lowest BCUT2D eigenvalue weighted by atomic mass is 9.89. The van der Waals surface area contributed by atoms with Gasteiger partial charge in [0.15, 0.2) is 6.73 Å². The predicted molar refractivity (Wildman–Crippen MR) is 165 cm³/mol. The molecule has 1 saturated carbocycles. The largest absolute Gasteiger partial charge is 0.478 e. The number of carbonyl (C=O) groups is 1. The summed E-state index contributed by atoms with van der Waals surface area (Å²) in [5.41, 5.74) is 2.56. The van der Waals surface area contributed by atoms with E-state index < -0.39 is 0 Å². The fourth-order valence-electron chi connectivity index (χ4n) is 6.61. The Bertz CT molecular complexity index is 1290. The van der Waals surface area contributed by atoms with Crippen molar-refractivity contribution in [3.63, 3.8) is 0 Å². The number of hydrogen-bond donors (Lipinski definition) is 0. The minimum Gasteiger partial charge on any atom is -0.478 e. The van der Waals surface area contributed by atoms with E-state index in [0.29, 0.717) is 12.5 Å². The summed E-state index contributed by atoms with van der Waals surface area (Å²) in [6, 6.07) is 19.4. The standard InChI is InChI=1S/C34H44N4O3/c39-34(29-11-2-1-3-12-29)41-26-38-20-9-14-28-17-18-32(35-33(28)38)40-25-7-6-19-36-21-23-37(24-22-36)31-16-8-13-27-10-4-5-15-30(27)31/h4-5,8,10,13,15-18,29H,1-3,6-7,9,11-12,14,19-26H2. The molecule has 0 N–H and O–H groups in total. The van der Waals surface area contributed by atoms with Crippen molar-refractivity contribution >= 4 is 28.2 Å². The fraction of sp³-hybridized carbons (Fsp3) is 0.529. The summed E-state index contributed by atoms with van der Waals surface area (Å²) in [5.74, 6) is 1.61. The molecule has 2 fully saturated rings. The van der Waals surface area contributed by atoms with Crippen molar-refractivity contribution in [3.8, 4) is 5.88 Å². The Kier molecular flexibility index (Phi) is 9.21. The van der Waals surface area contributed by atoms with E-state index in [1.165, 1.54) is 28.4 Å². The highest BCUT2D eigenvalue weighted by atomic mass is 16.5. The molecule has 1 saturated heterocycles.